The van der Waals surface area contributed by atoms with Crippen LogP contribution >= 0.6 is 27.5 Å². The molecule has 0 saturated carbocycles. The lowest BCUT2D eigenvalue weighted by atomic mass is 10.2. The maximum Gasteiger partial charge on any atom is 0.144 e. The number of hydrogen-bond donors (Lipinski definition) is 0. The van der Waals surface area contributed by atoms with Crippen LogP contribution in [0.15, 0.2) is 36.4 Å². The monoisotopic (exact) mass is 339 g/mol. The molecule has 0 fully saturated rings. The number of nitrogens with zero attached hydrogens (tertiary/aromatic N) is 1. The first-order chi connectivity index (χ1) is 9.13. The van der Waals surface area contributed by atoms with Gasteiger partial charge in [0.1, 0.15) is 23.4 Å². The molecule has 0 N–H and O–H groups in total. The van der Waals surface area contributed by atoms with Crippen molar-refractivity contribution in [2.75, 3.05) is 0 Å². The zero-order valence-electron chi connectivity index (χ0n) is 9.66. The van der Waals surface area contributed by atoms with E-state index in [1.807, 2.05) is 6.07 Å². The van der Waals surface area contributed by atoms with Crippen LogP contribution in [-0.4, -0.2) is 0 Å². The van der Waals surface area contributed by atoms with Crippen molar-refractivity contribution >= 4 is 27.5 Å². The van der Waals surface area contributed by atoms with Crippen LogP contribution in [0.5, 0.6) is 11.5 Å². The topological polar surface area (TPSA) is 33.0 Å². The van der Waals surface area contributed by atoms with E-state index in [-0.39, 0.29) is 5.56 Å². The highest BCUT2D eigenvalue weighted by molar-refractivity contribution is 9.08. The van der Waals surface area contributed by atoms with Crippen LogP contribution in [0.4, 0.5) is 4.39 Å². The number of ether oxygens (including phenoxy) is 1. The van der Waals surface area contributed by atoms with Gasteiger partial charge in [-0.3, -0.25) is 0 Å². The largest absolute Gasteiger partial charge is 0.457 e. The van der Waals surface area contributed by atoms with Crippen molar-refractivity contribution in [3.63, 3.8) is 0 Å². The Morgan fingerprint density at radius 1 is 1.26 bits per heavy atom. The van der Waals surface area contributed by atoms with Gasteiger partial charge in [-0.2, -0.15) is 5.26 Å². The third-order valence-corrected chi connectivity index (χ3v) is 3.30. The molecule has 2 nitrogen and oxygen atoms in total. The minimum atomic E-state index is -0.609. The maximum absolute atomic E-state index is 13.5. The van der Waals surface area contributed by atoms with Crippen molar-refractivity contribution in [2.24, 2.45) is 0 Å². The van der Waals surface area contributed by atoms with Gasteiger partial charge in [-0.1, -0.05) is 33.6 Å². The summed E-state index contributed by atoms with van der Waals surface area (Å²) in [6, 6.07) is 11.1. The van der Waals surface area contributed by atoms with Gasteiger partial charge in [0.2, 0.25) is 0 Å². The second-order valence-corrected chi connectivity index (χ2v) is 4.74. The molecule has 2 rings (SSSR count). The second kappa shape index (κ2) is 6.05. The molecule has 0 atom stereocenters. The molecule has 96 valence electrons. The smallest absolute Gasteiger partial charge is 0.144 e. The van der Waals surface area contributed by atoms with Crippen LogP contribution in [0.2, 0.25) is 5.02 Å². The quantitative estimate of drug-likeness (QED) is 0.733. The summed E-state index contributed by atoms with van der Waals surface area (Å²) >= 11 is 9.25. The molecular weight excluding hydrogens is 333 g/mol. The first kappa shape index (κ1) is 13.9. The van der Waals surface area contributed by atoms with E-state index in [1.165, 1.54) is 12.1 Å². The molecule has 0 saturated heterocycles. The number of benzene rings is 2. The van der Waals surface area contributed by atoms with Crippen molar-refractivity contribution in [2.45, 2.75) is 5.33 Å². The van der Waals surface area contributed by atoms with Crippen molar-refractivity contribution in [1.29, 1.82) is 5.26 Å². The van der Waals surface area contributed by atoms with Gasteiger partial charge in [0, 0.05) is 22.0 Å². The summed E-state index contributed by atoms with van der Waals surface area (Å²) in [4.78, 5) is 0. The van der Waals surface area contributed by atoms with Crippen LogP contribution in [0.3, 0.4) is 0 Å². The highest BCUT2D eigenvalue weighted by Gasteiger charge is 2.08. The third kappa shape index (κ3) is 3.25. The fourth-order valence-corrected chi connectivity index (χ4v) is 2.14. The molecule has 2 aromatic carbocycles. The minimum absolute atomic E-state index is 0.0147. The van der Waals surface area contributed by atoms with E-state index < -0.39 is 5.82 Å². The Bertz CT molecular complexity index is 654. The maximum atomic E-state index is 13.5. The lowest BCUT2D eigenvalue weighted by Crippen LogP contribution is -1.91. The summed E-state index contributed by atoms with van der Waals surface area (Å²) in [5.41, 5.74) is 0.883. The zero-order valence-corrected chi connectivity index (χ0v) is 12.0. The standard InChI is InChI=1S/C14H8BrClFNO/c15-7-9-1-3-11(16)5-14(9)19-12-4-2-10(8-18)13(17)6-12/h1-6H,7H2. The average molecular weight is 341 g/mol. The van der Waals surface area contributed by atoms with E-state index in [2.05, 4.69) is 15.9 Å². The van der Waals surface area contributed by atoms with E-state index in [4.69, 9.17) is 21.6 Å². The molecule has 0 unspecified atom stereocenters. The van der Waals surface area contributed by atoms with Crippen molar-refractivity contribution in [1.82, 2.24) is 0 Å². The third-order valence-electron chi connectivity index (χ3n) is 2.46. The highest BCUT2D eigenvalue weighted by atomic mass is 79.9. The van der Waals surface area contributed by atoms with Gasteiger partial charge >= 0.3 is 0 Å². The van der Waals surface area contributed by atoms with Crippen LogP contribution < -0.4 is 4.74 Å². The number of alkyl halides is 1. The predicted octanol–water partition coefficient (Wildman–Crippen LogP) is 5.04. The Labute approximate surface area is 123 Å². The van der Waals surface area contributed by atoms with Gasteiger partial charge in [0.05, 0.1) is 5.56 Å². The predicted molar refractivity (Wildman–Crippen MR) is 75.3 cm³/mol. The summed E-state index contributed by atoms with van der Waals surface area (Å²) < 4.78 is 19.1. The molecular formula is C14H8BrClFNO. The fourth-order valence-electron chi connectivity index (χ4n) is 1.51. The lowest BCUT2D eigenvalue weighted by Gasteiger charge is -2.10. The van der Waals surface area contributed by atoms with Crippen molar-refractivity contribution in [3.8, 4) is 17.6 Å². The summed E-state index contributed by atoms with van der Waals surface area (Å²) in [5, 5.41) is 9.79. The van der Waals surface area contributed by atoms with Crippen LogP contribution in [0, 0.1) is 17.1 Å². The number of nitriles is 1. The van der Waals surface area contributed by atoms with Crippen molar-refractivity contribution in [3.05, 3.63) is 58.4 Å². The Morgan fingerprint density at radius 2 is 2.05 bits per heavy atom. The Hall–Kier alpha value is -1.57. The molecule has 0 aliphatic heterocycles. The van der Waals surface area contributed by atoms with Gasteiger partial charge in [-0.05, 0) is 24.3 Å². The number of halogens is 3. The van der Waals surface area contributed by atoms with E-state index in [1.54, 1.807) is 24.3 Å². The van der Waals surface area contributed by atoms with E-state index in [9.17, 15) is 4.39 Å². The van der Waals surface area contributed by atoms with Crippen molar-refractivity contribution < 1.29 is 9.13 Å². The minimum Gasteiger partial charge on any atom is -0.457 e. The summed E-state index contributed by atoms with van der Waals surface area (Å²) in [6.07, 6.45) is 0. The molecule has 0 bridgehead atoms. The van der Waals surface area contributed by atoms with E-state index >= 15 is 0 Å². The fraction of sp³-hybridized carbons (Fsp3) is 0.0714. The SMILES string of the molecule is N#Cc1ccc(Oc2cc(Cl)ccc2CBr)cc1F. The molecule has 5 heteroatoms. The molecule has 19 heavy (non-hydrogen) atoms. The van der Waals surface area contributed by atoms with Gasteiger partial charge < -0.3 is 4.74 Å². The zero-order chi connectivity index (χ0) is 13.8. The Morgan fingerprint density at radius 3 is 2.68 bits per heavy atom. The molecule has 0 aliphatic carbocycles. The van der Waals surface area contributed by atoms with E-state index in [0.717, 1.165) is 5.56 Å². The molecule has 0 amide bonds. The molecule has 0 aromatic heterocycles. The Balaban J connectivity index is 2.33. The summed E-state index contributed by atoms with van der Waals surface area (Å²) in [6.45, 7) is 0. The first-order valence-corrected chi connectivity index (χ1v) is 6.86. The molecule has 0 spiro atoms. The van der Waals surface area contributed by atoms with Crippen LogP contribution in [0.1, 0.15) is 11.1 Å². The second-order valence-electron chi connectivity index (χ2n) is 3.74. The van der Waals surface area contributed by atoms with E-state index in [0.29, 0.717) is 21.9 Å². The molecule has 2 aromatic rings. The normalized spacial score (nSPS) is 10.0. The lowest BCUT2D eigenvalue weighted by molar-refractivity contribution is 0.472. The van der Waals surface area contributed by atoms with Gasteiger partial charge in [-0.15, -0.1) is 0 Å². The Kier molecular flexibility index (Phi) is 4.41. The molecule has 0 radical (unpaired) electrons. The van der Waals surface area contributed by atoms with Crippen LogP contribution in [0.25, 0.3) is 0 Å². The number of rotatable bonds is 3. The summed E-state index contributed by atoms with van der Waals surface area (Å²) in [5.74, 6) is 0.261. The average Bonchev–Trinajstić information content (AvgIpc) is 2.39. The first-order valence-electron chi connectivity index (χ1n) is 5.36. The molecule has 0 heterocycles. The molecule has 0 aliphatic rings. The highest BCUT2D eigenvalue weighted by Crippen LogP contribution is 2.30. The van der Waals surface area contributed by atoms with Gasteiger partial charge in [-0.25, -0.2) is 4.39 Å². The summed E-state index contributed by atoms with van der Waals surface area (Å²) in [7, 11) is 0. The number of hydrogen-bond acceptors (Lipinski definition) is 2. The van der Waals surface area contributed by atoms with Gasteiger partial charge in [0.25, 0.3) is 0 Å². The van der Waals surface area contributed by atoms with Crippen LogP contribution in [-0.2, 0) is 5.33 Å². The van der Waals surface area contributed by atoms with Gasteiger partial charge in [0.15, 0.2) is 0 Å².